The van der Waals surface area contributed by atoms with Crippen LogP contribution in [0.4, 0.5) is 5.69 Å². The fourth-order valence-corrected chi connectivity index (χ4v) is 4.65. The molecule has 0 bridgehead atoms. The Labute approximate surface area is 174 Å². The van der Waals surface area contributed by atoms with Crippen LogP contribution >= 0.6 is 15.9 Å². The Morgan fingerprint density at radius 1 is 0.828 bits per heavy atom. The van der Waals surface area contributed by atoms with Gasteiger partial charge in [-0.2, -0.15) is 0 Å². The highest BCUT2D eigenvalue weighted by atomic mass is 79.9. The highest BCUT2D eigenvalue weighted by molar-refractivity contribution is 9.10. The molecule has 6 nitrogen and oxygen atoms in total. The largest absolute Gasteiger partial charge is 0.328 e. The number of hydrogen-bond acceptors (Lipinski definition) is 3. The van der Waals surface area contributed by atoms with Gasteiger partial charge in [-0.15, -0.1) is 0 Å². The molecule has 3 aromatic carbocycles. The zero-order valence-corrected chi connectivity index (χ0v) is 17.6. The van der Waals surface area contributed by atoms with Gasteiger partial charge in [-0.3, -0.25) is 18.7 Å². The number of aromatic nitrogens is 2. The Morgan fingerprint density at radius 3 is 2.21 bits per heavy atom. The second-order valence-electron chi connectivity index (χ2n) is 7.33. The minimum absolute atomic E-state index is 0.160. The summed E-state index contributed by atoms with van der Waals surface area (Å²) < 4.78 is 3.85. The second kappa shape index (κ2) is 5.90. The van der Waals surface area contributed by atoms with Crippen LogP contribution in [0.3, 0.4) is 0 Å². The van der Waals surface area contributed by atoms with Crippen molar-refractivity contribution in [2.75, 3.05) is 4.90 Å². The normalized spacial score (nSPS) is 13.7. The van der Waals surface area contributed by atoms with Crippen molar-refractivity contribution >= 4 is 55.2 Å². The first-order chi connectivity index (χ1) is 13.8. The molecule has 1 aromatic heterocycles. The van der Waals surface area contributed by atoms with Crippen LogP contribution in [0.2, 0.25) is 0 Å². The number of benzene rings is 3. The van der Waals surface area contributed by atoms with Crippen molar-refractivity contribution in [3.63, 3.8) is 0 Å². The lowest BCUT2D eigenvalue weighted by atomic mass is 9.93. The minimum atomic E-state index is -0.372. The highest BCUT2D eigenvalue weighted by Gasteiger charge is 2.35. The standard InChI is InChI=1S/C22H16BrN3O3/c1-11-7-17-18(25(3)22(29)24(17)2)10-16(11)26-20(27)14-6-4-5-12-8-13(23)9-15(19(12)14)21(26)28/h4-10H,1-3H3. The van der Waals surface area contributed by atoms with Gasteiger partial charge in [0.1, 0.15) is 0 Å². The first kappa shape index (κ1) is 17.9. The second-order valence-corrected chi connectivity index (χ2v) is 8.25. The van der Waals surface area contributed by atoms with Gasteiger partial charge in [0.25, 0.3) is 11.8 Å². The van der Waals surface area contributed by atoms with E-state index in [2.05, 4.69) is 15.9 Å². The molecule has 7 heteroatoms. The van der Waals surface area contributed by atoms with E-state index in [1.165, 1.54) is 9.47 Å². The maximum atomic E-state index is 13.4. The number of anilines is 1. The molecule has 5 rings (SSSR count). The Kier molecular flexibility index (Phi) is 3.64. The fraction of sp³-hybridized carbons (Fsp3) is 0.136. The molecule has 2 heterocycles. The van der Waals surface area contributed by atoms with Crippen LogP contribution in [0.1, 0.15) is 26.3 Å². The third kappa shape index (κ3) is 2.31. The maximum Gasteiger partial charge on any atom is 0.328 e. The summed E-state index contributed by atoms with van der Waals surface area (Å²) >= 11 is 3.46. The fourth-order valence-electron chi connectivity index (χ4n) is 4.17. The van der Waals surface area contributed by atoms with Gasteiger partial charge in [-0.1, -0.05) is 28.1 Å². The summed E-state index contributed by atoms with van der Waals surface area (Å²) in [7, 11) is 3.38. The number of amides is 2. The number of rotatable bonds is 1. The molecule has 144 valence electrons. The molecule has 1 aliphatic heterocycles. The van der Waals surface area contributed by atoms with Crippen molar-refractivity contribution in [3.8, 4) is 0 Å². The third-order valence-corrected chi connectivity index (χ3v) is 6.10. The van der Waals surface area contributed by atoms with Gasteiger partial charge in [0.15, 0.2) is 0 Å². The summed E-state index contributed by atoms with van der Waals surface area (Å²) in [6.45, 7) is 1.84. The third-order valence-electron chi connectivity index (χ3n) is 5.64. The van der Waals surface area contributed by atoms with Crippen LogP contribution in [-0.2, 0) is 14.1 Å². The van der Waals surface area contributed by atoms with Crippen LogP contribution in [-0.4, -0.2) is 20.9 Å². The van der Waals surface area contributed by atoms with E-state index in [4.69, 9.17) is 0 Å². The first-order valence-corrected chi connectivity index (χ1v) is 9.86. The summed E-state index contributed by atoms with van der Waals surface area (Å²) in [5, 5.41) is 1.51. The number of nitrogens with zero attached hydrogens (tertiary/aromatic N) is 3. The molecule has 0 saturated carbocycles. The Morgan fingerprint density at radius 2 is 1.48 bits per heavy atom. The molecule has 29 heavy (non-hydrogen) atoms. The number of hydrogen-bond donors (Lipinski definition) is 0. The SMILES string of the molecule is Cc1cc2c(cc1N1C(=O)c3cccc4cc(Br)cc(c34)C1=O)n(C)c(=O)n2C. The molecule has 0 radical (unpaired) electrons. The monoisotopic (exact) mass is 449 g/mol. The molecular formula is C22H16BrN3O3. The summed E-state index contributed by atoms with van der Waals surface area (Å²) in [6.07, 6.45) is 0. The van der Waals surface area contributed by atoms with E-state index in [0.717, 1.165) is 20.9 Å². The Hall–Kier alpha value is -3.19. The summed E-state index contributed by atoms with van der Waals surface area (Å²) in [6, 6.07) is 12.7. The molecule has 2 amide bonds. The highest BCUT2D eigenvalue weighted by Crippen LogP contribution is 2.36. The van der Waals surface area contributed by atoms with Gasteiger partial charge in [-0.25, -0.2) is 9.69 Å². The molecule has 0 unspecified atom stereocenters. The molecule has 0 spiro atoms. The Balaban J connectivity index is 1.81. The van der Waals surface area contributed by atoms with Gasteiger partial charge in [0.05, 0.1) is 22.3 Å². The topological polar surface area (TPSA) is 64.3 Å². The van der Waals surface area contributed by atoms with Crippen molar-refractivity contribution in [2.24, 2.45) is 14.1 Å². The number of carbonyl (C=O) groups is 2. The Bertz CT molecular complexity index is 1460. The predicted molar refractivity (Wildman–Crippen MR) is 116 cm³/mol. The molecule has 0 N–H and O–H groups in total. The van der Waals surface area contributed by atoms with Crippen LogP contribution in [0, 0.1) is 6.92 Å². The summed E-state index contributed by atoms with van der Waals surface area (Å²) in [5.74, 6) is -0.734. The van der Waals surface area contributed by atoms with Crippen molar-refractivity contribution in [3.05, 3.63) is 74.1 Å². The molecular weight excluding hydrogens is 434 g/mol. The molecule has 0 saturated heterocycles. The number of halogens is 1. The molecule has 0 atom stereocenters. The van der Waals surface area contributed by atoms with Gasteiger partial charge in [-0.05, 0) is 48.2 Å². The lowest BCUT2D eigenvalue weighted by Crippen LogP contribution is -2.40. The zero-order valence-electron chi connectivity index (χ0n) is 16.0. The first-order valence-electron chi connectivity index (χ1n) is 9.06. The summed E-state index contributed by atoms with van der Waals surface area (Å²) in [5.41, 5.74) is 3.45. The number of fused-ring (bicyclic) bond motifs is 1. The van der Waals surface area contributed by atoms with E-state index in [9.17, 15) is 14.4 Å². The average Bonchev–Trinajstić information content (AvgIpc) is 2.89. The lowest BCUT2D eigenvalue weighted by molar-refractivity contribution is 0.0893. The number of imidazole rings is 1. The van der Waals surface area contributed by atoms with Crippen LogP contribution in [0.25, 0.3) is 21.8 Å². The zero-order chi connectivity index (χ0) is 20.6. The van der Waals surface area contributed by atoms with Crippen molar-refractivity contribution in [2.45, 2.75) is 6.92 Å². The number of aryl methyl sites for hydroxylation is 3. The molecule has 1 aliphatic rings. The van der Waals surface area contributed by atoms with Gasteiger partial charge in [0, 0.05) is 29.5 Å². The molecule has 4 aromatic rings. The van der Waals surface area contributed by atoms with E-state index >= 15 is 0 Å². The molecule has 0 aliphatic carbocycles. The van der Waals surface area contributed by atoms with Crippen molar-refractivity contribution < 1.29 is 9.59 Å². The van der Waals surface area contributed by atoms with E-state index in [0.29, 0.717) is 27.7 Å². The van der Waals surface area contributed by atoms with E-state index < -0.39 is 0 Å². The quantitative estimate of drug-likeness (QED) is 0.414. The number of carbonyl (C=O) groups excluding carboxylic acids is 2. The van der Waals surface area contributed by atoms with Gasteiger partial charge in [0.2, 0.25) is 0 Å². The predicted octanol–water partition coefficient (Wildman–Crippen LogP) is 3.90. The van der Waals surface area contributed by atoms with Crippen molar-refractivity contribution in [1.82, 2.24) is 9.13 Å². The summed E-state index contributed by atoms with van der Waals surface area (Å²) in [4.78, 5) is 40.3. The van der Waals surface area contributed by atoms with Crippen LogP contribution in [0.5, 0.6) is 0 Å². The van der Waals surface area contributed by atoms with E-state index in [1.54, 1.807) is 36.9 Å². The van der Waals surface area contributed by atoms with Crippen molar-refractivity contribution in [1.29, 1.82) is 0 Å². The van der Waals surface area contributed by atoms with E-state index in [-0.39, 0.29) is 17.5 Å². The average molecular weight is 450 g/mol. The maximum absolute atomic E-state index is 13.4. The van der Waals surface area contributed by atoms with Gasteiger partial charge >= 0.3 is 5.69 Å². The van der Waals surface area contributed by atoms with E-state index in [1.807, 2.05) is 31.2 Å². The van der Waals surface area contributed by atoms with Crippen LogP contribution < -0.4 is 10.6 Å². The lowest BCUT2D eigenvalue weighted by Gasteiger charge is -2.28. The smallest absolute Gasteiger partial charge is 0.295 e. The molecule has 0 fully saturated rings. The number of imide groups is 1. The van der Waals surface area contributed by atoms with Crippen LogP contribution in [0.15, 0.2) is 51.7 Å². The van der Waals surface area contributed by atoms with Gasteiger partial charge < -0.3 is 0 Å². The minimum Gasteiger partial charge on any atom is -0.295 e.